The number of aliphatic hydroxyl groups excluding tert-OH is 1. The molecule has 0 aliphatic carbocycles. The molecule has 1 aromatic heterocycles. The molecule has 9 nitrogen and oxygen atoms in total. The van der Waals surface area contributed by atoms with Crippen LogP contribution in [0.15, 0.2) is 60.9 Å². The minimum atomic E-state index is -1.12. The van der Waals surface area contributed by atoms with Gasteiger partial charge in [-0.1, -0.05) is 12.1 Å². The van der Waals surface area contributed by atoms with Crippen LogP contribution in [0, 0.1) is 0 Å². The van der Waals surface area contributed by atoms with E-state index in [1.165, 1.54) is 22.2 Å². The summed E-state index contributed by atoms with van der Waals surface area (Å²) in [5.74, 6) is 1.03. The average Bonchev–Trinajstić information content (AvgIpc) is 3.48. The van der Waals surface area contributed by atoms with Crippen molar-refractivity contribution < 1.29 is 24.5 Å². The van der Waals surface area contributed by atoms with Crippen molar-refractivity contribution in [3.63, 3.8) is 0 Å². The number of rotatable bonds is 9. The SMILES string of the molecule is COc1cccc(C(=O)C=CN2CCC(O)(C(O)CN3CCC(c4c[nH]c5ccc(N6CCOCC6)cc45)CC3)CC2)c1. The quantitative estimate of drug-likeness (QED) is 0.257. The van der Waals surface area contributed by atoms with Crippen LogP contribution in [0.4, 0.5) is 5.69 Å². The second-order valence-corrected chi connectivity index (χ2v) is 12.2. The van der Waals surface area contributed by atoms with Crippen LogP contribution in [0.1, 0.15) is 47.5 Å². The Labute approximate surface area is 253 Å². The fourth-order valence-corrected chi connectivity index (χ4v) is 6.77. The number of benzene rings is 2. The molecule has 1 unspecified atom stereocenters. The van der Waals surface area contributed by atoms with Crippen LogP contribution in [0.5, 0.6) is 5.75 Å². The summed E-state index contributed by atoms with van der Waals surface area (Å²) in [6.45, 7) is 6.85. The first kappa shape index (κ1) is 29.7. The number of allylic oxidation sites excluding steroid dienone is 1. The van der Waals surface area contributed by atoms with Crippen LogP contribution >= 0.6 is 0 Å². The first-order chi connectivity index (χ1) is 20.9. The fourth-order valence-electron chi connectivity index (χ4n) is 6.77. The molecule has 43 heavy (non-hydrogen) atoms. The minimum absolute atomic E-state index is 0.0895. The van der Waals surface area contributed by atoms with Gasteiger partial charge in [0, 0.05) is 73.4 Å². The van der Waals surface area contributed by atoms with Crippen molar-refractivity contribution >= 4 is 22.4 Å². The number of aliphatic hydroxyl groups is 2. The van der Waals surface area contributed by atoms with Gasteiger partial charge in [0.15, 0.2) is 5.78 Å². The number of nitrogens with one attached hydrogen (secondary N) is 1. The van der Waals surface area contributed by atoms with Gasteiger partial charge in [-0.05, 0) is 80.6 Å². The van der Waals surface area contributed by atoms with Crippen LogP contribution in [0.25, 0.3) is 10.9 Å². The monoisotopic (exact) mass is 588 g/mol. The lowest BCUT2D eigenvalue weighted by atomic mass is 9.84. The number of ether oxygens (including phenoxy) is 2. The van der Waals surface area contributed by atoms with E-state index in [9.17, 15) is 15.0 Å². The number of piperidine rings is 2. The highest BCUT2D eigenvalue weighted by molar-refractivity contribution is 6.04. The highest BCUT2D eigenvalue weighted by Crippen LogP contribution is 2.36. The number of aromatic amines is 1. The molecule has 0 bridgehead atoms. The van der Waals surface area contributed by atoms with Gasteiger partial charge in [-0.3, -0.25) is 4.79 Å². The van der Waals surface area contributed by atoms with Gasteiger partial charge in [0.05, 0.1) is 32.0 Å². The predicted molar refractivity (Wildman–Crippen MR) is 168 cm³/mol. The first-order valence-electron chi connectivity index (χ1n) is 15.6. The number of H-pyrrole nitrogens is 1. The molecule has 3 N–H and O–H groups in total. The highest BCUT2D eigenvalue weighted by Gasteiger charge is 2.39. The number of likely N-dealkylation sites (tertiary alicyclic amines) is 2. The van der Waals surface area contributed by atoms with Crippen molar-refractivity contribution in [1.82, 2.24) is 14.8 Å². The van der Waals surface area contributed by atoms with Crippen LogP contribution in [0.3, 0.4) is 0 Å². The van der Waals surface area contributed by atoms with Gasteiger partial charge < -0.3 is 39.4 Å². The number of hydrogen-bond donors (Lipinski definition) is 3. The molecule has 6 rings (SSSR count). The third kappa shape index (κ3) is 6.75. The molecule has 2 aromatic carbocycles. The van der Waals surface area contributed by atoms with Gasteiger partial charge in [0.25, 0.3) is 0 Å². The number of aromatic nitrogens is 1. The Bertz CT molecular complexity index is 1420. The topological polar surface area (TPSA) is 102 Å². The number of ketones is 1. The molecule has 3 aliphatic rings. The number of methoxy groups -OCH3 is 1. The molecule has 0 amide bonds. The first-order valence-corrected chi connectivity index (χ1v) is 15.6. The van der Waals surface area contributed by atoms with Gasteiger partial charge in [-0.25, -0.2) is 0 Å². The van der Waals surface area contributed by atoms with E-state index in [1.807, 2.05) is 11.0 Å². The smallest absolute Gasteiger partial charge is 0.187 e. The number of anilines is 1. The zero-order valence-corrected chi connectivity index (χ0v) is 25.1. The number of morpholine rings is 1. The highest BCUT2D eigenvalue weighted by atomic mass is 16.5. The number of nitrogens with zero attached hydrogens (tertiary/aromatic N) is 3. The molecule has 3 fully saturated rings. The summed E-state index contributed by atoms with van der Waals surface area (Å²) in [6, 6.07) is 13.8. The van der Waals surface area contributed by atoms with Gasteiger partial charge in [-0.2, -0.15) is 0 Å². The number of hydrogen-bond acceptors (Lipinski definition) is 8. The van der Waals surface area contributed by atoms with E-state index in [1.54, 1.807) is 37.6 Å². The molecule has 3 saturated heterocycles. The number of carbonyl (C=O) groups is 1. The molecule has 3 aliphatic heterocycles. The molecular weight excluding hydrogens is 544 g/mol. The predicted octanol–water partition coefficient (Wildman–Crippen LogP) is 3.78. The maximum absolute atomic E-state index is 12.6. The summed E-state index contributed by atoms with van der Waals surface area (Å²) in [5, 5.41) is 23.8. The van der Waals surface area contributed by atoms with Crippen LogP contribution < -0.4 is 9.64 Å². The van der Waals surface area contributed by atoms with Crippen molar-refractivity contribution in [2.45, 2.75) is 43.3 Å². The van der Waals surface area contributed by atoms with E-state index in [0.717, 1.165) is 52.2 Å². The fraction of sp³-hybridized carbons (Fsp3) is 0.500. The van der Waals surface area contributed by atoms with E-state index in [0.29, 0.717) is 49.7 Å². The Morgan fingerprint density at radius 3 is 2.60 bits per heavy atom. The summed E-state index contributed by atoms with van der Waals surface area (Å²) < 4.78 is 10.7. The molecule has 0 saturated carbocycles. The van der Waals surface area contributed by atoms with Gasteiger partial charge >= 0.3 is 0 Å². The van der Waals surface area contributed by atoms with Crippen LogP contribution in [-0.4, -0.2) is 109 Å². The third-order valence-corrected chi connectivity index (χ3v) is 9.61. The van der Waals surface area contributed by atoms with Gasteiger partial charge in [0.2, 0.25) is 0 Å². The van der Waals surface area contributed by atoms with E-state index < -0.39 is 11.7 Å². The Morgan fingerprint density at radius 2 is 1.86 bits per heavy atom. The molecule has 230 valence electrons. The third-order valence-electron chi connectivity index (χ3n) is 9.61. The number of β-amino-alcohol motifs (C(OH)–C–C–N with tert-alkyl or cyclic N) is 1. The van der Waals surface area contributed by atoms with Crippen molar-refractivity contribution in [2.24, 2.45) is 0 Å². The zero-order valence-electron chi connectivity index (χ0n) is 25.1. The summed E-state index contributed by atoms with van der Waals surface area (Å²) in [6.07, 6.45) is 7.71. The summed E-state index contributed by atoms with van der Waals surface area (Å²) in [4.78, 5) is 22.8. The van der Waals surface area contributed by atoms with Crippen LogP contribution in [0.2, 0.25) is 0 Å². The Hall–Kier alpha value is -3.37. The van der Waals surface area contributed by atoms with Crippen molar-refractivity contribution in [1.29, 1.82) is 0 Å². The molecular formula is C34H44N4O5. The Kier molecular flexibility index (Phi) is 9.04. The molecule has 0 radical (unpaired) electrons. The Balaban J connectivity index is 0.989. The maximum Gasteiger partial charge on any atom is 0.187 e. The van der Waals surface area contributed by atoms with Gasteiger partial charge in [0.1, 0.15) is 5.75 Å². The van der Waals surface area contributed by atoms with E-state index in [-0.39, 0.29) is 5.78 Å². The summed E-state index contributed by atoms with van der Waals surface area (Å²) in [7, 11) is 1.58. The van der Waals surface area contributed by atoms with Crippen molar-refractivity contribution in [2.75, 3.05) is 71.0 Å². The number of carbonyl (C=O) groups excluding carboxylic acids is 1. The van der Waals surface area contributed by atoms with Crippen LogP contribution in [-0.2, 0) is 4.74 Å². The standard InChI is InChI=1S/C34H44N4O5/c1-42-28-4-2-3-26(21-28)32(39)9-14-36-15-10-34(41,11-16-36)33(40)24-37-12-7-25(8-13-37)30-23-35-31-6-5-27(22-29(30)31)38-17-19-43-20-18-38/h2-6,9,14,21-23,25,33,35,40-41H,7-8,10-13,15-20,24H2,1H3. The largest absolute Gasteiger partial charge is 0.497 e. The van der Waals surface area contributed by atoms with E-state index >= 15 is 0 Å². The summed E-state index contributed by atoms with van der Waals surface area (Å²) in [5.41, 5.74) is 3.28. The molecule has 3 aromatic rings. The molecule has 4 heterocycles. The lowest BCUT2D eigenvalue weighted by Crippen LogP contribution is -2.54. The number of fused-ring (bicyclic) bond motifs is 1. The lowest BCUT2D eigenvalue weighted by Gasteiger charge is -2.43. The summed E-state index contributed by atoms with van der Waals surface area (Å²) >= 11 is 0. The van der Waals surface area contributed by atoms with E-state index in [4.69, 9.17) is 9.47 Å². The minimum Gasteiger partial charge on any atom is -0.497 e. The molecule has 9 heteroatoms. The normalized spacial score (nSPS) is 21.0. The van der Waals surface area contributed by atoms with Gasteiger partial charge in [-0.15, -0.1) is 0 Å². The zero-order chi connectivity index (χ0) is 29.8. The lowest BCUT2D eigenvalue weighted by molar-refractivity contribution is -0.114. The maximum atomic E-state index is 12.6. The second kappa shape index (κ2) is 13.1. The molecule has 1 atom stereocenters. The Morgan fingerprint density at radius 1 is 1.09 bits per heavy atom. The van der Waals surface area contributed by atoms with Crippen molar-refractivity contribution in [3.05, 3.63) is 72.1 Å². The molecule has 0 spiro atoms. The van der Waals surface area contributed by atoms with E-state index in [2.05, 4.69) is 39.2 Å². The second-order valence-electron chi connectivity index (χ2n) is 12.2. The van der Waals surface area contributed by atoms with Crippen molar-refractivity contribution in [3.8, 4) is 5.75 Å². The average molecular weight is 589 g/mol.